The number of nitrogen functional groups attached to an aromatic ring is 1. The third-order valence-electron chi connectivity index (χ3n) is 3.72. The van der Waals surface area contributed by atoms with Gasteiger partial charge in [-0.3, -0.25) is 0 Å². The van der Waals surface area contributed by atoms with Gasteiger partial charge in [0.1, 0.15) is 5.82 Å². The van der Waals surface area contributed by atoms with Crippen LogP contribution in [0.1, 0.15) is 25.3 Å². The number of aromatic nitrogens is 2. The van der Waals surface area contributed by atoms with Crippen LogP contribution >= 0.6 is 0 Å². The fraction of sp³-hybridized carbons (Fsp3) is 0.235. The summed E-state index contributed by atoms with van der Waals surface area (Å²) in [4.78, 5) is 4.78. The van der Waals surface area contributed by atoms with Gasteiger partial charge >= 0.3 is 0 Å². The summed E-state index contributed by atoms with van der Waals surface area (Å²) in [6.07, 6.45) is 0. The first-order valence-corrected chi connectivity index (χ1v) is 6.89. The standard InChI is InChI=1S/C17H19N3/c1-11(2)14-5-4-6-15-16(14)20(3)17(19-15)12-7-9-13(18)10-8-12/h4-11H,18H2,1-3H3. The Morgan fingerprint density at radius 3 is 2.40 bits per heavy atom. The zero-order chi connectivity index (χ0) is 14.3. The van der Waals surface area contributed by atoms with Crippen LogP contribution in [0.2, 0.25) is 0 Å². The molecule has 1 aromatic heterocycles. The van der Waals surface area contributed by atoms with E-state index < -0.39 is 0 Å². The Kier molecular flexibility index (Phi) is 2.97. The number of nitrogens with two attached hydrogens (primary N) is 1. The quantitative estimate of drug-likeness (QED) is 0.713. The average molecular weight is 265 g/mol. The van der Waals surface area contributed by atoms with E-state index in [1.807, 2.05) is 24.3 Å². The number of para-hydroxylation sites is 1. The summed E-state index contributed by atoms with van der Waals surface area (Å²) in [6, 6.07) is 14.2. The first kappa shape index (κ1) is 12.7. The van der Waals surface area contributed by atoms with Gasteiger partial charge in [-0.2, -0.15) is 0 Å². The zero-order valence-corrected chi connectivity index (χ0v) is 12.1. The molecule has 20 heavy (non-hydrogen) atoms. The summed E-state index contributed by atoms with van der Waals surface area (Å²) in [7, 11) is 2.08. The summed E-state index contributed by atoms with van der Waals surface area (Å²) < 4.78 is 2.18. The van der Waals surface area contributed by atoms with Crippen LogP contribution in [-0.2, 0) is 7.05 Å². The maximum Gasteiger partial charge on any atom is 0.140 e. The summed E-state index contributed by atoms with van der Waals surface area (Å²) in [6.45, 7) is 4.43. The Morgan fingerprint density at radius 2 is 1.75 bits per heavy atom. The van der Waals surface area contributed by atoms with Crippen molar-refractivity contribution in [2.24, 2.45) is 7.05 Å². The molecule has 0 amide bonds. The second-order valence-electron chi connectivity index (χ2n) is 5.49. The van der Waals surface area contributed by atoms with E-state index in [0.29, 0.717) is 5.92 Å². The highest BCUT2D eigenvalue weighted by Gasteiger charge is 2.14. The number of hydrogen-bond acceptors (Lipinski definition) is 2. The lowest BCUT2D eigenvalue weighted by Gasteiger charge is -2.09. The Labute approximate surface area is 119 Å². The van der Waals surface area contributed by atoms with Gasteiger partial charge in [-0.05, 0) is 41.8 Å². The number of benzene rings is 2. The predicted molar refractivity (Wildman–Crippen MR) is 84.7 cm³/mol. The maximum atomic E-state index is 5.75. The van der Waals surface area contributed by atoms with E-state index >= 15 is 0 Å². The molecule has 3 nitrogen and oxygen atoms in total. The SMILES string of the molecule is CC(C)c1cccc2nc(-c3ccc(N)cc3)n(C)c12. The third-order valence-corrected chi connectivity index (χ3v) is 3.72. The maximum absolute atomic E-state index is 5.75. The van der Waals surface area contributed by atoms with Gasteiger partial charge in [0, 0.05) is 18.3 Å². The Morgan fingerprint density at radius 1 is 1.05 bits per heavy atom. The van der Waals surface area contributed by atoms with Crippen molar-refractivity contribution in [1.82, 2.24) is 9.55 Å². The molecule has 1 heterocycles. The van der Waals surface area contributed by atoms with Gasteiger partial charge in [-0.25, -0.2) is 4.98 Å². The molecule has 3 aromatic rings. The third kappa shape index (κ3) is 1.95. The number of anilines is 1. The summed E-state index contributed by atoms with van der Waals surface area (Å²) in [5, 5.41) is 0. The smallest absolute Gasteiger partial charge is 0.140 e. The van der Waals surface area contributed by atoms with E-state index in [0.717, 1.165) is 22.6 Å². The Hall–Kier alpha value is -2.29. The van der Waals surface area contributed by atoms with Crippen LogP contribution in [0.3, 0.4) is 0 Å². The van der Waals surface area contributed by atoms with Crippen molar-refractivity contribution in [1.29, 1.82) is 0 Å². The lowest BCUT2D eigenvalue weighted by Crippen LogP contribution is -1.97. The highest BCUT2D eigenvalue weighted by Crippen LogP contribution is 2.29. The molecule has 0 aliphatic heterocycles. The molecular weight excluding hydrogens is 246 g/mol. The molecule has 0 fully saturated rings. The van der Waals surface area contributed by atoms with Crippen LogP contribution in [0.15, 0.2) is 42.5 Å². The normalized spacial score (nSPS) is 11.4. The largest absolute Gasteiger partial charge is 0.399 e. The van der Waals surface area contributed by atoms with E-state index in [-0.39, 0.29) is 0 Å². The molecule has 0 aliphatic carbocycles. The summed E-state index contributed by atoms with van der Waals surface area (Å²) in [5.41, 5.74) is 11.2. The monoisotopic (exact) mass is 265 g/mol. The van der Waals surface area contributed by atoms with Crippen LogP contribution in [0, 0.1) is 0 Å². The number of rotatable bonds is 2. The van der Waals surface area contributed by atoms with Crippen molar-refractivity contribution < 1.29 is 0 Å². The fourth-order valence-electron chi connectivity index (χ4n) is 2.66. The Balaban J connectivity index is 2.26. The second kappa shape index (κ2) is 4.67. The zero-order valence-electron chi connectivity index (χ0n) is 12.1. The van der Waals surface area contributed by atoms with Gasteiger partial charge in [-0.1, -0.05) is 26.0 Å². The van der Waals surface area contributed by atoms with Crippen molar-refractivity contribution in [3.63, 3.8) is 0 Å². The van der Waals surface area contributed by atoms with E-state index in [4.69, 9.17) is 10.7 Å². The Bertz CT molecular complexity index is 752. The van der Waals surface area contributed by atoms with Crippen LogP contribution in [0.4, 0.5) is 5.69 Å². The van der Waals surface area contributed by atoms with Gasteiger partial charge < -0.3 is 10.3 Å². The summed E-state index contributed by atoms with van der Waals surface area (Å²) in [5.74, 6) is 1.46. The second-order valence-corrected chi connectivity index (χ2v) is 5.49. The lowest BCUT2D eigenvalue weighted by molar-refractivity contribution is 0.857. The van der Waals surface area contributed by atoms with Crippen LogP contribution in [0.5, 0.6) is 0 Å². The molecule has 2 aromatic carbocycles. The minimum absolute atomic E-state index is 0.480. The molecule has 0 unspecified atom stereocenters. The highest BCUT2D eigenvalue weighted by molar-refractivity contribution is 5.84. The molecule has 0 aliphatic rings. The van der Waals surface area contributed by atoms with Crippen LogP contribution in [0.25, 0.3) is 22.4 Å². The van der Waals surface area contributed by atoms with Crippen LogP contribution < -0.4 is 5.73 Å². The molecular formula is C17H19N3. The molecule has 0 saturated carbocycles. The van der Waals surface area contributed by atoms with Crippen molar-refractivity contribution in [2.75, 3.05) is 5.73 Å². The minimum atomic E-state index is 0.480. The number of nitrogens with zero attached hydrogens (tertiary/aromatic N) is 2. The molecule has 3 rings (SSSR count). The molecule has 0 spiro atoms. The lowest BCUT2D eigenvalue weighted by atomic mass is 10.0. The highest BCUT2D eigenvalue weighted by atomic mass is 15.1. The van der Waals surface area contributed by atoms with E-state index in [1.165, 1.54) is 11.1 Å². The molecule has 102 valence electrons. The van der Waals surface area contributed by atoms with E-state index in [2.05, 4.69) is 43.7 Å². The van der Waals surface area contributed by atoms with Gasteiger partial charge in [0.05, 0.1) is 11.0 Å². The molecule has 3 heteroatoms. The molecule has 0 radical (unpaired) electrons. The minimum Gasteiger partial charge on any atom is -0.399 e. The average Bonchev–Trinajstić information content (AvgIpc) is 2.77. The summed E-state index contributed by atoms with van der Waals surface area (Å²) >= 11 is 0. The van der Waals surface area contributed by atoms with Gasteiger partial charge in [0.15, 0.2) is 0 Å². The number of imidazole rings is 1. The topological polar surface area (TPSA) is 43.8 Å². The van der Waals surface area contributed by atoms with Gasteiger partial charge in [0.25, 0.3) is 0 Å². The number of hydrogen-bond donors (Lipinski definition) is 1. The molecule has 0 atom stereocenters. The first-order valence-electron chi connectivity index (χ1n) is 6.89. The predicted octanol–water partition coefficient (Wildman–Crippen LogP) is 3.95. The molecule has 0 bridgehead atoms. The number of aryl methyl sites for hydroxylation is 1. The molecule has 0 saturated heterocycles. The fourth-order valence-corrected chi connectivity index (χ4v) is 2.66. The van der Waals surface area contributed by atoms with E-state index in [1.54, 1.807) is 0 Å². The van der Waals surface area contributed by atoms with Gasteiger partial charge in [-0.15, -0.1) is 0 Å². The molecule has 2 N–H and O–H groups in total. The van der Waals surface area contributed by atoms with Crippen molar-refractivity contribution in [2.45, 2.75) is 19.8 Å². The number of fused-ring (bicyclic) bond motifs is 1. The van der Waals surface area contributed by atoms with Crippen LogP contribution in [-0.4, -0.2) is 9.55 Å². The first-order chi connectivity index (χ1) is 9.58. The van der Waals surface area contributed by atoms with Gasteiger partial charge in [0.2, 0.25) is 0 Å². The van der Waals surface area contributed by atoms with E-state index in [9.17, 15) is 0 Å². The van der Waals surface area contributed by atoms with Crippen molar-refractivity contribution in [3.8, 4) is 11.4 Å². The van der Waals surface area contributed by atoms with Crippen molar-refractivity contribution >= 4 is 16.7 Å². The van der Waals surface area contributed by atoms with Crippen molar-refractivity contribution in [3.05, 3.63) is 48.0 Å².